The van der Waals surface area contributed by atoms with Crippen molar-refractivity contribution in [2.24, 2.45) is 0 Å². The standard InChI is InChI=1S/C21H25N3O3/c1-21(2)19(26)24(20(27)22-21)15-18(25)14-23(17-11-7-4-8-12-17)13-16-9-5-3-6-10-16/h3-12,18,25H,13-15H2,1-2H3,(H,22,27). The summed E-state index contributed by atoms with van der Waals surface area (Å²) in [7, 11) is 0. The van der Waals surface area contributed by atoms with Gasteiger partial charge in [-0.2, -0.15) is 0 Å². The number of aliphatic hydroxyl groups is 1. The van der Waals surface area contributed by atoms with E-state index in [0.29, 0.717) is 13.1 Å². The molecule has 2 aromatic rings. The Morgan fingerprint density at radius 3 is 2.19 bits per heavy atom. The second kappa shape index (κ2) is 7.80. The molecule has 1 aliphatic heterocycles. The molecule has 6 nitrogen and oxygen atoms in total. The van der Waals surface area contributed by atoms with E-state index in [0.717, 1.165) is 16.2 Å². The van der Waals surface area contributed by atoms with Crippen molar-refractivity contribution in [2.45, 2.75) is 32.0 Å². The maximum absolute atomic E-state index is 12.3. The fraction of sp³-hybridized carbons (Fsp3) is 0.333. The van der Waals surface area contributed by atoms with Gasteiger partial charge in [-0.1, -0.05) is 48.5 Å². The predicted molar refractivity (Wildman–Crippen MR) is 104 cm³/mol. The lowest BCUT2D eigenvalue weighted by atomic mass is 10.1. The third-order valence-corrected chi connectivity index (χ3v) is 4.61. The van der Waals surface area contributed by atoms with Crippen molar-refractivity contribution < 1.29 is 14.7 Å². The molecular formula is C21H25N3O3. The zero-order valence-electron chi connectivity index (χ0n) is 15.6. The number of nitrogens with zero attached hydrogens (tertiary/aromatic N) is 2. The first kappa shape index (κ1) is 18.9. The third kappa shape index (κ3) is 4.46. The number of imide groups is 1. The van der Waals surface area contributed by atoms with E-state index in [2.05, 4.69) is 5.32 Å². The Kier molecular flexibility index (Phi) is 5.46. The van der Waals surface area contributed by atoms with E-state index in [4.69, 9.17) is 0 Å². The van der Waals surface area contributed by atoms with E-state index < -0.39 is 17.7 Å². The fourth-order valence-electron chi connectivity index (χ4n) is 3.21. The highest BCUT2D eigenvalue weighted by Gasteiger charge is 2.44. The minimum Gasteiger partial charge on any atom is -0.389 e. The maximum Gasteiger partial charge on any atom is 0.325 e. The van der Waals surface area contributed by atoms with Crippen LogP contribution in [0.3, 0.4) is 0 Å². The number of rotatable bonds is 7. The van der Waals surface area contributed by atoms with Crippen LogP contribution in [-0.2, 0) is 11.3 Å². The quantitative estimate of drug-likeness (QED) is 0.737. The van der Waals surface area contributed by atoms with Gasteiger partial charge in [-0.05, 0) is 31.5 Å². The Hall–Kier alpha value is -2.86. The molecule has 2 N–H and O–H groups in total. The Labute approximate surface area is 159 Å². The molecule has 1 fully saturated rings. The van der Waals surface area contributed by atoms with Gasteiger partial charge in [0.15, 0.2) is 0 Å². The van der Waals surface area contributed by atoms with Crippen molar-refractivity contribution in [1.82, 2.24) is 10.2 Å². The smallest absolute Gasteiger partial charge is 0.325 e. The molecule has 2 aromatic carbocycles. The summed E-state index contributed by atoms with van der Waals surface area (Å²) in [5, 5.41) is 13.2. The number of hydrogen-bond acceptors (Lipinski definition) is 4. The van der Waals surface area contributed by atoms with Crippen LogP contribution >= 0.6 is 0 Å². The maximum atomic E-state index is 12.3. The van der Waals surface area contributed by atoms with E-state index in [-0.39, 0.29) is 12.5 Å². The van der Waals surface area contributed by atoms with Crippen LogP contribution in [-0.4, -0.2) is 46.7 Å². The topological polar surface area (TPSA) is 72.9 Å². The van der Waals surface area contributed by atoms with Gasteiger partial charge >= 0.3 is 6.03 Å². The van der Waals surface area contributed by atoms with Gasteiger partial charge in [-0.3, -0.25) is 9.69 Å². The van der Waals surface area contributed by atoms with Crippen molar-refractivity contribution in [3.8, 4) is 0 Å². The number of anilines is 1. The van der Waals surface area contributed by atoms with E-state index >= 15 is 0 Å². The Balaban J connectivity index is 1.72. The summed E-state index contributed by atoms with van der Waals surface area (Å²) in [5.74, 6) is -0.319. The number of urea groups is 1. The first-order chi connectivity index (χ1) is 12.9. The summed E-state index contributed by atoms with van der Waals surface area (Å²) in [6.45, 7) is 4.20. The van der Waals surface area contributed by atoms with Crippen LogP contribution in [0.4, 0.5) is 10.5 Å². The minimum absolute atomic E-state index is 0.0355. The van der Waals surface area contributed by atoms with Gasteiger partial charge in [0.05, 0.1) is 12.6 Å². The molecule has 3 rings (SSSR count). The van der Waals surface area contributed by atoms with Gasteiger partial charge < -0.3 is 15.3 Å². The number of benzene rings is 2. The zero-order valence-corrected chi connectivity index (χ0v) is 15.6. The van der Waals surface area contributed by atoms with Gasteiger partial charge in [0, 0.05) is 18.8 Å². The predicted octanol–water partition coefficient (Wildman–Crippen LogP) is 2.38. The average Bonchev–Trinajstić information content (AvgIpc) is 2.84. The van der Waals surface area contributed by atoms with Crippen LogP contribution in [0.15, 0.2) is 60.7 Å². The molecule has 142 valence electrons. The highest BCUT2D eigenvalue weighted by Crippen LogP contribution is 2.20. The molecule has 27 heavy (non-hydrogen) atoms. The molecule has 0 aliphatic carbocycles. The number of carbonyl (C=O) groups excluding carboxylic acids is 2. The molecule has 1 heterocycles. The summed E-state index contributed by atoms with van der Waals surface area (Å²) in [6, 6.07) is 19.3. The summed E-state index contributed by atoms with van der Waals surface area (Å²) < 4.78 is 0. The Morgan fingerprint density at radius 2 is 1.63 bits per heavy atom. The Morgan fingerprint density at radius 1 is 1.04 bits per heavy atom. The van der Waals surface area contributed by atoms with E-state index in [9.17, 15) is 14.7 Å². The lowest BCUT2D eigenvalue weighted by Crippen LogP contribution is -2.44. The molecular weight excluding hydrogens is 342 g/mol. The molecule has 0 radical (unpaired) electrons. The molecule has 1 atom stereocenters. The highest BCUT2D eigenvalue weighted by molar-refractivity contribution is 6.06. The minimum atomic E-state index is -0.931. The number of aliphatic hydroxyl groups excluding tert-OH is 1. The first-order valence-electron chi connectivity index (χ1n) is 9.03. The van der Waals surface area contributed by atoms with Crippen LogP contribution in [0, 0.1) is 0 Å². The van der Waals surface area contributed by atoms with Crippen molar-refractivity contribution >= 4 is 17.6 Å². The van der Waals surface area contributed by atoms with Gasteiger partial charge in [0.25, 0.3) is 5.91 Å². The Bertz CT molecular complexity index is 793. The molecule has 0 bridgehead atoms. The highest BCUT2D eigenvalue weighted by atomic mass is 16.3. The van der Waals surface area contributed by atoms with E-state index in [1.807, 2.05) is 65.6 Å². The average molecular weight is 367 g/mol. The van der Waals surface area contributed by atoms with E-state index in [1.165, 1.54) is 0 Å². The van der Waals surface area contributed by atoms with Crippen LogP contribution in [0.1, 0.15) is 19.4 Å². The summed E-state index contributed by atoms with van der Waals surface area (Å²) in [4.78, 5) is 27.5. The van der Waals surface area contributed by atoms with Crippen molar-refractivity contribution in [1.29, 1.82) is 0 Å². The summed E-state index contributed by atoms with van der Waals surface area (Å²) >= 11 is 0. The van der Waals surface area contributed by atoms with Crippen molar-refractivity contribution in [3.63, 3.8) is 0 Å². The summed E-state index contributed by atoms with van der Waals surface area (Å²) in [6.07, 6.45) is -0.863. The van der Waals surface area contributed by atoms with Crippen molar-refractivity contribution in [2.75, 3.05) is 18.0 Å². The number of amides is 3. The molecule has 0 saturated carbocycles. The van der Waals surface area contributed by atoms with Crippen molar-refractivity contribution in [3.05, 3.63) is 66.2 Å². The number of para-hydroxylation sites is 1. The molecule has 1 saturated heterocycles. The molecule has 6 heteroatoms. The molecule has 0 spiro atoms. The van der Waals surface area contributed by atoms with Crippen LogP contribution in [0.5, 0.6) is 0 Å². The number of hydrogen-bond donors (Lipinski definition) is 2. The molecule has 3 amide bonds. The van der Waals surface area contributed by atoms with Crippen LogP contribution in [0.2, 0.25) is 0 Å². The molecule has 1 aliphatic rings. The lowest BCUT2D eigenvalue weighted by molar-refractivity contribution is -0.131. The number of β-amino-alcohol motifs (C(OH)–C–C–N with tert-alkyl or cyclic N) is 1. The largest absolute Gasteiger partial charge is 0.389 e. The second-order valence-corrected chi connectivity index (χ2v) is 7.33. The van der Waals surface area contributed by atoms with Gasteiger partial charge in [0.2, 0.25) is 0 Å². The van der Waals surface area contributed by atoms with Gasteiger partial charge in [-0.25, -0.2) is 4.79 Å². The van der Waals surface area contributed by atoms with Gasteiger partial charge in [0.1, 0.15) is 5.54 Å². The third-order valence-electron chi connectivity index (χ3n) is 4.61. The molecule has 1 unspecified atom stereocenters. The van der Waals surface area contributed by atoms with E-state index in [1.54, 1.807) is 13.8 Å². The van der Waals surface area contributed by atoms with Crippen LogP contribution in [0.25, 0.3) is 0 Å². The normalized spacial score (nSPS) is 16.9. The lowest BCUT2D eigenvalue weighted by Gasteiger charge is -2.29. The number of carbonyl (C=O) groups is 2. The molecule has 0 aromatic heterocycles. The van der Waals surface area contributed by atoms with Gasteiger partial charge in [-0.15, -0.1) is 0 Å². The van der Waals surface area contributed by atoms with Crippen LogP contribution < -0.4 is 10.2 Å². The zero-order chi connectivity index (χ0) is 19.4. The number of nitrogens with one attached hydrogen (secondary N) is 1. The second-order valence-electron chi connectivity index (χ2n) is 7.33. The SMILES string of the molecule is CC1(C)NC(=O)N(CC(O)CN(Cc2ccccc2)c2ccccc2)C1=O. The first-order valence-corrected chi connectivity index (χ1v) is 9.03. The summed E-state index contributed by atoms with van der Waals surface area (Å²) in [5.41, 5.74) is 1.16. The fourth-order valence-corrected chi connectivity index (χ4v) is 3.21. The monoisotopic (exact) mass is 367 g/mol.